The lowest BCUT2D eigenvalue weighted by atomic mass is 10.1. The van der Waals surface area contributed by atoms with E-state index in [0.717, 1.165) is 43.8 Å². The predicted octanol–water partition coefficient (Wildman–Crippen LogP) is 1.56. The van der Waals surface area contributed by atoms with Gasteiger partial charge in [-0.25, -0.2) is 0 Å². The summed E-state index contributed by atoms with van der Waals surface area (Å²) in [6.45, 7) is 6.49. The van der Waals surface area contributed by atoms with Crippen molar-refractivity contribution >= 4 is 16.9 Å². The number of rotatable bonds is 4. The Balaban J connectivity index is 1.73. The van der Waals surface area contributed by atoms with Crippen molar-refractivity contribution < 1.29 is 9.53 Å². The molecule has 1 amide bonds. The lowest BCUT2D eigenvalue weighted by Gasteiger charge is -2.23. The zero-order valence-corrected chi connectivity index (χ0v) is 14.3. The van der Waals surface area contributed by atoms with Gasteiger partial charge in [0.2, 0.25) is 5.91 Å². The van der Waals surface area contributed by atoms with Crippen LogP contribution in [0.1, 0.15) is 12.5 Å². The Morgan fingerprint density at radius 1 is 1.21 bits per heavy atom. The van der Waals surface area contributed by atoms with Crippen LogP contribution in [0.2, 0.25) is 0 Å². The molecule has 0 saturated carbocycles. The van der Waals surface area contributed by atoms with Crippen molar-refractivity contribution in [3.8, 4) is 0 Å². The summed E-state index contributed by atoms with van der Waals surface area (Å²) < 4.78 is 5.34. The maximum atomic E-state index is 11.8. The molecule has 0 aliphatic carbocycles. The molecule has 1 atom stereocenters. The number of methoxy groups -OCH3 is 1. The van der Waals surface area contributed by atoms with Crippen LogP contribution >= 0.6 is 0 Å². The maximum absolute atomic E-state index is 11.8. The van der Waals surface area contributed by atoms with Crippen LogP contribution in [-0.2, 0) is 16.1 Å². The number of hydrogen-bond acceptors (Lipinski definition) is 5. The van der Waals surface area contributed by atoms with Crippen LogP contribution in [0.4, 0.5) is 0 Å². The van der Waals surface area contributed by atoms with Crippen LogP contribution < -0.4 is 0 Å². The van der Waals surface area contributed by atoms with Crippen LogP contribution in [0.3, 0.4) is 0 Å². The van der Waals surface area contributed by atoms with E-state index in [1.54, 1.807) is 26.4 Å². The molecule has 128 valence electrons. The highest BCUT2D eigenvalue weighted by Crippen LogP contribution is 2.16. The van der Waals surface area contributed by atoms with Crippen molar-refractivity contribution in [2.24, 2.45) is 5.92 Å². The molecule has 2 heterocycles. The summed E-state index contributed by atoms with van der Waals surface area (Å²) in [5.74, 6) is 0.473. The summed E-state index contributed by atoms with van der Waals surface area (Å²) in [5.41, 5.74) is 3.05. The molecule has 0 N–H and O–H groups in total. The number of carbonyl (C=O) groups is 1. The molecule has 0 spiro atoms. The number of aromatic nitrogens is 2. The molecule has 6 heteroatoms. The summed E-state index contributed by atoms with van der Waals surface area (Å²) in [4.78, 5) is 24.8. The van der Waals surface area contributed by atoms with Crippen LogP contribution in [0.15, 0.2) is 30.6 Å². The molecule has 0 bridgehead atoms. The second kappa shape index (κ2) is 7.68. The van der Waals surface area contributed by atoms with Gasteiger partial charge in [0, 0.05) is 65.1 Å². The van der Waals surface area contributed by atoms with Crippen LogP contribution in [0.25, 0.3) is 11.0 Å². The average Bonchev–Trinajstić information content (AvgIpc) is 2.77. The first-order valence-electron chi connectivity index (χ1n) is 8.32. The van der Waals surface area contributed by atoms with E-state index in [9.17, 15) is 4.79 Å². The Morgan fingerprint density at radius 3 is 2.75 bits per heavy atom. The van der Waals surface area contributed by atoms with E-state index < -0.39 is 0 Å². The van der Waals surface area contributed by atoms with E-state index in [0.29, 0.717) is 12.5 Å². The molecule has 1 saturated heterocycles. The summed E-state index contributed by atoms with van der Waals surface area (Å²) in [6, 6.07) is 6.22. The zero-order valence-electron chi connectivity index (χ0n) is 14.3. The van der Waals surface area contributed by atoms with Crippen LogP contribution in [0.5, 0.6) is 0 Å². The molecule has 1 aromatic carbocycles. The van der Waals surface area contributed by atoms with Gasteiger partial charge in [0.15, 0.2) is 0 Å². The third-order valence-electron chi connectivity index (χ3n) is 4.47. The molecule has 1 aromatic heterocycles. The zero-order chi connectivity index (χ0) is 16.9. The van der Waals surface area contributed by atoms with Crippen LogP contribution in [-0.4, -0.2) is 65.6 Å². The van der Waals surface area contributed by atoms with Crippen molar-refractivity contribution in [2.45, 2.75) is 13.5 Å². The Hall–Kier alpha value is -2.05. The lowest BCUT2D eigenvalue weighted by Crippen LogP contribution is -2.35. The van der Waals surface area contributed by atoms with Crippen molar-refractivity contribution in [1.82, 2.24) is 19.8 Å². The molecule has 3 rings (SSSR count). The van der Waals surface area contributed by atoms with Crippen LogP contribution in [0, 0.1) is 5.92 Å². The highest BCUT2D eigenvalue weighted by atomic mass is 16.5. The van der Waals surface area contributed by atoms with Gasteiger partial charge in [-0.15, -0.1) is 0 Å². The standard InChI is InChI=1S/C18H24N4O2/c1-14(23)22-8-7-21(11-16(12-22)13-24-2)10-15-3-4-17-18(9-15)20-6-5-19-17/h3-6,9,16H,7-8,10-13H2,1-2H3. The van der Waals surface area contributed by atoms with Crippen molar-refractivity contribution in [3.63, 3.8) is 0 Å². The molecule has 24 heavy (non-hydrogen) atoms. The Labute approximate surface area is 142 Å². The summed E-state index contributed by atoms with van der Waals surface area (Å²) in [5, 5.41) is 0. The first-order chi connectivity index (χ1) is 11.7. The van der Waals surface area contributed by atoms with Gasteiger partial charge in [0.1, 0.15) is 0 Å². The number of ether oxygens (including phenoxy) is 1. The molecule has 2 aromatic rings. The molecule has 1 aliphatic rings. The van der Waals surface area contributed by atoms with E-state index in [2.05, 4.69) is 27.0 Å². The van der Waals surface area contributed by atoms with E-state index >= 15 is 0 Å². The van der Waals surface area contributed by atoms with Gasteiger partial charge in [-0.1, -0.05) is 6.07 Å². The van der Waals surface area contributed by atoms with E-state index in [1.807, 2.05) is 11.0 Å². The maximum Gasteiger partial charge on any atom is 0.219 e. The quantitative estimate of drug-likeness (QED) is 0.852. The monoisotopic (exact) mass is 328 g/mol. The molecule has 0 radical (unpaired) electrons. The fraction of sp³-hybridized carbons (Fsp3) is 0.500. The number of nitrogens with zero attached hydrogens (tertiary/aromatic N) is 4. The highest BCUT2D eigenvalue weighted by molar-refractivity contribution is 5.74. The van der Waals surface area contributed by atoms with E-state index in [-0.39, 0.29) is 5.91 Å². The Kier molecular flexibility index (Phi) is 5.37. The lowest BCUT2D eigenvalue weighted by molar-refractivity contribution is -0.129. The first kappa shape index (κ1) is 16.8. The summed E-state index contributed by atoms with van der Waals surface area (Å²) in [7, 11) is 1.72. The minimum Gasteiger partial charge on any atom is -0.384 e. The third-order valence-corrected chi connectivity index (χ3v) is 4.47. The highest BCUT2D eigenvalue weighted by Gasteiger charge is 2.24. The smallest absolute Gasteiger partial charge is 0.219 e. The fourth-order valence-electron chi connectivity index (χ4n) is 3.32. The predicted molar refractivity (Wildman–Crippen MR) is 92.4 cm³/mol. The van der Waals surface area contributed by atoms with Gasteiger partial charge in [0.05, 0.1) is 17.6 Å². The van der Waals surface area contributed by atoms with Crippen molar-refractivity contribution in [3.05, 3.63) is 36.2 Å². The van der Waals surface area contributed by atoms with Gasteiger partial charge in [-0.3, -0.25) is 19.7 Å². The van der Waals surface area contributed by atoms with Gasteiger partial charge in [-0.2, -0.15) is 0 Å². The molecule has 6 nitrogen and oxygen atoms in total. The molecule has 1 aliphatic heterocycles. The second-order valence-electron chi connectivity index (χ2n) is 6.40. The van der Waals surface area contributed by atoms with Gasteiger partial charge in [-0.05, 0) is 17.7 Å². The van der Waals surface area contributed by atoms with E-state index in [1.165, 1.54) is 5.56 Å². The SMILES string of the molecule is COCC1CN(Cc2ccc3nccnc3c2)CCN(C(C)=O)C1. The largest absolute Gasteiger partial charge is 0.384 e. The normalized spacial score (nSPS) is 19.4. The van der Waals surface area contributed by atoms with Crippen molar-refractivity contribution in [2.75, 3.05) is 39.9 Å². The molecule has 1 unspecified atom stereocenters. The number of fused-ring (bicyclic) bond motifs is 1. The fourth-order valence-corrected chi connectivity index (χ4v) is 3.32. The number of carbonyl (C=O) groups excluding carboxylic acids is 1. The molecular formula is C18H24N4O2. The summed E-state index contributed by atoms with van der Waals surface area (Å²) in [6.07, 6.45) is 3.43. The third kappa shape index (κ3) is 4.07. The number of benzene rings is 1. The Bertz CT molecular complexity index is 706. The molecule has 1 fully saturated rings. The topological polar surface area (TPSA) is 58.6 Å². The number of amides is 1. The minimum atomic E-state index is 0.138. The first-order valence-corrected chi connectivity index (χ1v) is 8.32. The van der Waals surface area contributed by atoms with Crippen molar-refractivity contribution in [1.29, 1.82) is 0 Å². The minimum absolute atomic E-state index is 0.138. The molecular weight excluding hydrogens is 304 g/mol. The van der Waals surface area contributed by atoms with Gasteiger partial charge >= 0.3 is 0 Å². The number of hydrogen-bond donors (Lipinski definition) is 0. The Morgan fingerprint density at radius 2 is 2.00 bits per heavy atom. The van der Waals surface area contributed by atoms with E-state index in [4.69, 9.17) is 4.74 Å². The van der Waals surface area contributed by atoms with Gasteiger partial charge in [0.25, 0.3) is 0 Å². The van der Waals surface area contributed by atoms with Gasteiger partial charge < -0.3 is 9.64 Å². The second-order valence-corrected chi connectivity index (χ2v) is 6.40. The average molecular weight is 328 g/mol. The summed E-state index contributed by atoms with van der Waals surface area (Å²) >= 11 is 0.